The van der Waals surface area contributed by atoms with Crippen molar-refractivity contribution < 1.29 is 13.2 Å². The molecule has 3 N–H and O–H groups in total. The number of benzene rings is 1. The van der Waals surface area contributed by atoms with Gasteiger partial charge in [-0.15, -0.1) is 0 Å². The highest BCUT2D eigenvalue weighted by Gasteiger charge is 2.13. The lowest BCUT2D eigenvalue weighted by molar-refractivity contribution is -0.120. The van der Waals surface area contributed by atoms with Crippen LogP contribution in [0.2, 0.25) is 0 Å². The summed E-state index contributed by atoms with van der Waals surface area (Å²) in [4.78, 5) is 11.7. The monoisotopic (exact) mass is 299 g/mol. The zero-order valence-electron chi connectivity index (χ0n) is 11.8. The van der Waals surface area contributed by atoms with Crippen molar-refractivity contribution in [3.8, 4) is 0 Å². The van der Waals surface area contributed by atoms with E-state index in [1.165, 1.54) is 14.1 Å². The Bertz CT molecular complexity index is 538. The average molecular weight is 299 g/mol. The molecule has 112 valence electrons. The fraction of sp³-hybridized carbons (Fsp3) is 0.462. The maximum atomic E-state index is 11.7. The number of nitrogens with one attached hydrogen (secondary N) is 1. The summed E-state index contributed by atoms with van der Waals surface area (Å²) in [6, 6.07) is 7.44. The van der Waals surface area contributed by atoms with E-state index in [4.69, 9.17) is 5.73 Å². The molecule has 20 heavy (non-hydrogen) atoms. The van der Waals surface area contributed by atoms with Crippen LogP contribution in [0.5, 0.6) is 0 Å². The molecule has 7 heteroatoms. The van der Waals surface area contributed by atoms with Gasteiger partial charge in [-0.3, -0.25) is 4.79 Å². The fourth-order valence-corrected chi connectivity index (χ4v) is 2.27. The largest absolute Gasteiger partial charge is 0.355 e. The first kappa shape index (κ1) is 16.6. The molecule has 0 aromatic heterocycles. The zero-order chi connectivity index (χ0) is 15.2. The van der Waals surface area contributed by atoms with Crippen LogP contribution >= 0.6 is 0 Å². The summed E-state index contributed by atoms with van der Waals surface area (Å²) >= 11 is 0. The lowest BCUT2D eigenvalue weighted by Crippen LogP contribution is -2.34. The van der Waals surface area contributed by atoms with Crippen molar-refractivity contribution in [2.75, 3.05) is 26.4 Å². The van der Waals surface area contributed by atoms with E-state index in [9.17, 15) is 13.2 Å². The summed E-state index contributed by atoms with van der Waals surface area (Å²) in [5.41, 5.74) is 7.37. The van der Waals surface area contributed by atoms with Gasteiger partial charge in [0.05, 0.1) is 12.2 Å². The van der Waals surface area contributed by atoms with Crippen molar-refractivity contribution in [3.05, 3.63) is 35.4 Å². The predicted molar refractivity (Wildman–Crippen MR) is 78.5 cm³/mol. The first-order valence-corrected chi connectivity index (χ1v) is 7.91. The number of rotatable bonds is 7. The highest BCUT2D eigenvalue weighted by Crippen LogP contribution is 2.04. The summed E-state index contributed by atoms with van der Waals surface area (Å²) < 4.78 is 24.2. The summed E-state index contributed by atoms with van der Waals surface area (Å²) in [5.74, 6) is -0.294. The molecule has 0 bridgehead atoms. The normalized spacial score (nSPS) is 11.6. The number of carbonyl (C=O) groups excluding carboxylic acids is 1. The standard InChI is InChI=1S/C13H21N3O3S/c1-16(2)20(18,19)8-7-15-13(17)9-11-3-5-12(10-14)6-4-11/h3-6H,7-10,14H2,1-2H3,(H,15,17). The summed E-state index contributed by atoms with van der Waals surface area (Å²) in [5, 5.41) is 2.60. The molecule has 0 atom stereocenters. The third kappa shape index (κ3) is 5.28. The number of amides is 1. The van der Waals surface area contributed by atoms with Crippen molar-refractivity contribution in [1.82, 2.24) is 9.62 Å². The average Bonchev–Trinajstić information content (AvgIpc) is 2.39. The Morgan fingerprint density at radius 3 is 2.25 bits per heavy atom. The minimum absolute atomic E-state index is 0.0994. The van der Waals surface area contributed by atoms with Crippen molar-refractivity contribution in [2.45, 2.75) is 13.0 Å². The van der Waals surface area contributed by atoms with Crippen molar-refractivity contribution in [1.29, 1.82) is 0 Å². The molecule has 0 saturated heterocycles. The molecule has 0 aliphatic carbocycles. The summed E-state index contributed by atoms with van der Waals surface area (Å²) in [7, 11) is -0.334. The molecule has 0 spiro atoms. The van der Waals surface area contributed by atoms with Gasteiger partial charge in [0.2, 0.25) is 15.9 Å². The van der Waals surface area contributed by atoms with E-state index < -0.39 is 10.0 Å². The molecule has 0 aliphatic heterocycles. The highest BCUT2D eigenvalue weighted by molar-refractivity contribution is 7.89. The maximum Gasteiger partial charge on any atom is 0.224 e. The molecule has 0 saturated carbocycles. The Kier molecular flexibility index (Phi) is 6.12. The molecule has 1 amide bonds. The second-order valence-electron chi connectivity index (χ2n) is 4.65. The van der Waals surface area contributed by atoms with Crippen molar-refractivity contribution in [2.24, 2.45) is 5.73 Å². The number of hydrogen-bond donors (Lipinski definition) is 2. The van der Waals surface area contributed by atoms with E-state index in [2.05, 4.69) is 5.32 Å². The number of hydrogen-bond acceptors (Lipinski definition) is 4. The zero-order valence-corrected chi connectivity index (χ0v) is 12.6. The van der Waals surface area contributed by atoms with E-state index in [1.807, 2.05) is 24.3 Å². The third-order valence-electron chi connectivity index (χ3n) is 2.86. The van der Waals surface area contributed by atoms with Crippen LogP contribution < -0.4 is 11.1 Å². The van der Waals surface area contributed by atoms with Crippen LogP contribution in [0.3, 0.4) is 0 Å². The molecule has 1 rings (SSSR count). The van der Waals surface area contributed by atoms with Crippen LogP contribution in [0.1, 0.15) is 11.1 Å². The van der Waals surface area contributed by atoms with Gasteiger partial charge < -0.3 is 11.1 Å². The van der Waals surface area contributed by atoms with Gasteiger partial charge in [-0.05, 0) is 11.1 Å². The molecule has 0 unspecified atom stereocenters. The molecule has 0 heterocycles. The maximum absolute atomic E-state index is 11.7. The second-order valence-corrected chi connectivity index (χ2v) is 6.95. The fourth-order valence-electron chi connectivity index (χ4n) is 1.54. The van der Waals surface area contributed by atoms with Crippen LogP contribution in [-0.2, 0) is 27.8 Å². The van der Waals surface area contributed by atoms with Crippen LogP contribution in [0, 0.1) is 0 Å². The smallest absolute Gasteiger partial charge is 0.224 e. The Labute approximate surface area is 120 Å². The van der Waals surface area contributed by atoms with Gasteiger partial charge in [-0.1, -0.05) is 24.3 Å². The summed E-state index contributed by atoms with van der Waals surface area (Å²) in [6.45, 7) is 0.578. The van der Waals surface area contributed by atoms with Crippen LogP contribution in [0.25, 0.3) is 0 Å². The van der Waals surface area contributed by atoms with E-state index in [0.29, 0.717) is 6.54 Å². The Balaban J connectivity index is 2.40. The minimum Gasteiger partial charge on any atom is -0.355 e. The molecule has 6 nitrogen and oxygen atoms in total. The van der Waals surface area contributed by atoms with Gasteiger partial charge in [0.15, 0.2) is 0 Å². The molecular formula is C13H21N3O3S. The molecular weight excluding hydrogens is 278 g/mol. The van der Waals surface area contributed by atoms with Gasteiger partial charge in [0, 0.05) is 27.2 Å². The molecule has 1 aromatic carbocycles. The lowest BCUT2D eigenvalue weighted by atomic mass is 10.1. The first-order valence-electron chi connectivity index (χ1n) is 6.30. The van der Waals surface area contributed by atoms with Crippen LogP contribution in [0.4, 0.5) is 0 Å². The van der Waals surface area contributed by atoms with Crippen LogP contribution in [0.15, 0.2) is 24.3 Å². The second kappa shape index (κ2) is 7.37. The molecule has 0 aliphatic rings. The van der Waals surface area contributed by atoms with Crippen molar-refractivity contribution in [3.63, 3.8) is 0 Å². The Morgan fingerprint density at radius 1 is 1.20 bits per heavy atom. The van der Waals surface area contributed by atoms with Gasteiger partial charge >= 0.3 is 0 Å². The number of carbonyl (C=O) groups is 1. The number of nitrogens with zero attached hydrogens (tertiary/aromatic N) is 1. The number of sulfonamides is 1. The lowest BCUT2D eigenvalue weighted by Gasteiger charge is -2.11. The first-order chi connectivity index (χ1) is 9.35. The highest BCUT2D eigenvalue weighted by atomic mass is 32.2. The Morgan fingerprint density at radius 2 is 1.75 bits per heavy atom. The van der Waals surface area contributed by atoms with Gasteiger partial charge in [-0.25, -0.2) is 12.7 Å². The minimum atomic E-state index is -3.27. The van der Waals surface area contributed by atoms with Gasteiger partial charge in [-0.2, -0.15) is 0 Å². The van der Waals surface area contributed by atoms with E-state index in [-0.39, 0.29) is 24.6 Å². The molecule has 1 aromatic rings. The predicted octanol–water partition coefficient (Wildman–Crippen LogP) is -0.305. The Hall–Kier alpha value is -1.44. The van der Waals surface area contributed by atoms with E-state index in [0.717, 1.165) is 15.4 Å². The van der Waals surface area contributed by atoms with E-state index in [1.54, 1.807) is 0 Å². The van der Waals surface area contributed by atoms with Gasteiger partial charge in [0.25, 0.3) is 0 Å². The van der Waals surface area contributed by atoms with Crippen LogP contribution in [-0.4, -0.2) is 45.0 Å². The van der Waals surface area contributed by atoms with E-state index >= 15 is 0 Å². The summed E-state index contributed by atoms with van der Waals surface area (Å²) in [6.07, 6.45) is 0.229. The molecule has 0 fully saturated rings. The topological polar surface area (TPSA) is 92.5 Å². The number of nitrogens with two attached hydrogens (primary N) is 1. The third-order valence-corrected chi connectivity index (χ3v) is 4.69. The van der Waals surface area contributed by atoms with Crippen molar-refractivity contribution >= 4 is 15.9 Å². The van der Waals surface area contributed by atoms with Gasteiger partial charge in [0.1, 0.15) is 0 Å². The SMILES string of the molecule is CN(C)S(=O)(=O)CCNC(=O)Cc1ccc(CN)cc1. The molecule has 0 radical (unpaired) electrons. The quantitative estimate of drug-likeness (QED) is 0.722.